The van der Waals surface area contributed by atoms with Gasteiger partial charge in [0.25, 0.3) is 0 Å². The minimum absolute atomic E-state index is 0.122. The molecule has 3 heterocycles. The number of pyridine rings is 1. The van der Waals surface area contributed by atoms with Crippen LogP contribution in [0.5, 0.6) is 0 Å². The predicted octanol–water partition coefficient (Wildman–Crippen LogP) is 3.57. The number of nitrogens with one attached hydrogen (secondary N) is 1. The predicted molar refractivity (Wildman–Crippen MR) is 128 cm³/mol. The molecule has 2 aromatic heterocycles. The third-order valence-corrected chi connectivity index (χ3v) is 6.71. The van der Waals surface area contributed by atoms with Crippen LogP contribution < -0.4 is 5.32 Å². The van der Waals surface area contributed by atoms with Crippen LogP contribution in [0.3, 0.4) is 0 Å². The first-order valence-corrected chi connectivity index (χ1v) is 12.0. The smallest absolute Gasteiger partial charge is 0.239 e. The molecule has 4 rings (SSSR count). The molecule has 10 heteroatoms. The normalized spacial score (nSPS) is 16.0. The summed E-state index contributed by atoms with van der Waals surface area (Å²) in [5.74, 6) is 1.82. The summed E-state index contributed by atoms with van der Waals surface area (Å²) in [5, 5.41) is 18.4. The zero-order valence-electron chi connectivity index (χ0n) is 18.3. The van der Waals surface area contributed by atoms with Crippen LogP contribution in [-0.4, -0.2) is 63.7 Å². The van der Waals surface area contributed by atoms with Crippen molar-refractivity contribution in [2.24, 2.45) is 0 Å². The fourth-order valence-electron chi connectivity index (χ4n) is 3.66. The Balaban J connectivity index is 1.29. The Hall–Kier alpha value is -2.43. The Morgan fingerprint density at radius 3 is 2.73 bits per heavy atom. The number of aromatic nitrogens is 2. The van der Waals surface area contributed by atoms with E-state index in [1.807, 2.05) is 42.2 Å². The number of halogens is 1. The van der Waals surface area contributed by atoms with Gasteiger partial charge < -0.3 is 14.9 Å². The first-order valence-electron chi connectivity index (χ1n) is 10.7. The van der Waals surface area contributed by atoms with Crippen molar-refractivity contribution in [3.63, 3.8) is 0 Å². The summed E-state index contributed by atoms with van der Waals surface area (Å²) in [6.07, 6.45) is 0.794. The standard InChI is InChI=1S/C23H26ClN5O3S/c1-16-12-18(27-32-16)15-33-20-5-3-2-4-19(20)23(31)29-10-8-28(9-11-29)14-22(30)26-21-7-6-17(24)13-25-21/h2-7,12-13,23,31H,8-11,14-15H2,1H3,(H,25,26,30). The van der Waals surface area contributed by atoms with E-state index < -0.39 is 6.23 Å². The minimum Gasteiger partial charge on any atom is -0.374 e. The van der Waals surface area contributed by atoms with Crippen LogP contribution >= 0.6 is 23.4 Å². The molecule has 1 aliphatic rings. The van der Waals surface area contributed by atoms with Gasteiger partial charge in [-0.3, -0.25) is 14.6 Å². The molecule has 1 aliphatic heterocycles. The second-order valence-corrected chi connectivity index (χ2v) is 9.30. The molecule has 1 aromatic carbocycles. The summed E-state index contributed by atoms with van der Waals surface area (Å²) >= 11 is 7.46. The summed E-state index contributed by atoms with van der Waals surface area (Å²) in [6, 6.07) is 13.2. The van der Waals surface area contributed by atoms with Crippen LogP contribution in [0.4, 0.5) is 5.82 Å². The summed E-state index contributed by atoms with van der Waals surface area (Å²) in [4.78, 5) is 21.5. The maximum Gasteiger partial charge on any atom is 0.239 e. The number of aryl methyl sites for hydroxylation is 1. The average molecular weight is 488 g/mol. The summed E-state index contributed by atoms with van der Waals surface area (Å²) in [5.41, 5.74) is 1.75. The van der Waals surface area contributed by atoms with E-state index in [0.717, 1.165) is 21.9 Å². The summed E-state index contributed by atoms with van der Waals surface area (Å²) in [6.45, 7) is 4.84. The second-order valence-electron chi connectivity index (χ2n) is 7.85. The molecule has 8 nitrogen and oxygen atoms in total. The molecule has 2 N–H and O–H groups in total. The zero-order chi connectivity index (χ0) is 23.2. The fourth-order valence-corrected chi connectivity index (χ4v) is 4.73. The lowest BCUT2D eigenvalue weighted by Gasteiger charge is -2.37. The molecule has 1 amide bonds. The van der Waals surface area contributed by atoms with E-state index in [1.165, 1.54) is 6.20 Å². The maximum atomic E-state index is 12.3. The van der Waals surface area contributed by atoms with E-state index >= 15 is 0 Å². The molecule has 0 radical (unpaired) electrons. The number of rotatable bonds is 8. The number of thioether (sulfide) groups is 1. The molecule has 0 aliphatic carbocycles. The number of aliphatic hydroxyl groups is 1. The Labute approximate surface area is 201 Å². The Morgan fingerprint density at radius 2 is 2.03 bits per heavy atom. The largest absolute Gasteiger partial charge is 0.374 e. The number of hydrogen-bond acceptors (Lipinski definition) is 8. The van der Waals surface area contributed by atoms with E-state index in [-0.39, 0.29) is 12.5 Å². The molecular formula is C23H26ClN5O3S. The molecule has 0 bridgehead atoms. The van der Waals surface area contributed by atoms with Crippen LogP contribution in [-0.2, 0) is 10.5 Å². The maximum absolute atomic E-state index is 12.3. The van der Waals surface area contributed by atoms with E-state index in [0.29, 0.717) is 42.8 Å². The van der Waals surface area contributed by atoms with Gasteiger partial charge in [0, 0.05) is 54.7 Å². The number of carbonyl (C=O) groups excluding carboxylic acids is 1. The van der Waals surface area contributed by atoms with Gasteiger partial charge in [-0.05, 0) is 25.1 Å². The monoisotopic (exact) mass is 487 g/mol. The molecule has 3 aromatic rings. The van der Waals surface area contributed by atoms with Crippen molar-refractivity contribution in [3.8, 4) is 0 Å². The number of nitrogens with zero attached hydrogens (tertiary/aromatic N) is 4. The Morgan fingerprint density at radius 1 is 1.24 bits per heavy atom. The quantitative estimate of drug-likeness (QED) is 0.466. The summed E-state index contributed by atoms with van der Waals surface area (Å²) in [7, 11) is 0. The molecule has 0 saturated carbocycles. The van der Waals surface area contributed by atoms with E-state index in [2.05, 4.69) is 20.4 Å². The third kappa shape index (κ3) is 6.55. The molecule has 1 fully saturated rings. The molecule has 1 atom stereocenters. The first-order chi connectivity index (χ1) is 16.0. The lowest BCUT2D eigenvalue weighted by molar-refractivity contribution is -0.118. The van der Waals surface area contributed by atoms with Gasteiger partial charge >= 0.3 is 0 Å². The molecule has 0 spiro atoms. The van der Waals surface area contributed by atoms with Crippen molar-refractivity contribution in [2.75, 3.05) is 38.0 Å². The van der Waals surface area contributed by atoms with Crippen molar-refractivity contribution in [1.82, 2.24) is 19.9 Å². The highest BCUT2D eigenvalue weighted by molar-refractivity contribution is 7.98. The van der Waals surface area contributed by atoms with Crippen LogP contribution in [0, 0.1) is 6.92 Å². The first kappa shape index (κ1) is 23.7. The van der Waals surface area contributed by atoms with Gasteiger partial charge in [0.05, 0.1) is 17.3 Å². The number of aliphatic hydroxyl groups excluding tert-OH is 1. The molecular weight excluding hydrogens is 462 g/mol. The lowest BCUT2D eigenvalue weighted by Crippen LogP contribution is -2.49. The number of piperazine rings is 1. The van der Waals surface area contributed by atoms with Crippen molar-refractivity contribution in [3.05, 3.63) is 70.7 Å². The zero-order valence-corrected chi connectivity index (χ0v) is 19.8. The number of anilines is 1. The van der Waals surface area contributed by atoms with E-state index in [1.54, 1.807) is 23.9 Å². The van der Waals surface area contributed by atoms with Crippen LogP contribution in [0.2, 0.25) is 5.02 Å². The van der Waals surface area contributed by atoms with Crippen molar-refractivity contribution in [1.29, 1.82) is 0 Å². The molecule has 174 valence electrons. The van der Waals surface area contributed by atoms with Crippen LogP contribution in [0.1, 0.15) is 23.2 Å². The molecule has 1 unspecified atom stereocenters. The topological polar surface area (TPSA) is 94.7 Å². The minimum atomic E-state index is -0.706. The van der Waals surface area contributed by atoms with Crippen LogP contribution in [0.25, 0.3) is 0 Å². The fraction of sp³-hybridized carbons (Fsp3) is 0.348. The van der Waals surface area contributed by atoms with Gasteiger partial charge in [-0.2, -0.15) is 0 Å². The van der Waals surface area contributed by atoms with Crippen LogP contribution in [0.15, 0.2) is 58.1 Å². The highest BCUT2D eigenvalue weighted by Crippen LogP contribution is 2.32. The highest BCUT2D eigenvalue weighted by atomic mass is 35.5. The molecule has 1 saturated heterocycles. The lowest BCUT2D eigenvalue weighted by atomic mass is 10.1. The van der Waals surface area contributed by atoms with Gasteiger partial charge in [-0.25, -0.2) is 4.98 Å². The number of hydrogen-bond donors (Lipinski definition) is 2. The number of benzene rings is 1. The summed E-state index contributed by atoms with van der Waals surface area (Å²) < 4.78 is 5.14. The van der Waals surface area contributed by atoms with E-state index in [4.69, 9.17) is 16.1 Å². The highest BCUT2D eigenvalue weighted by Gasteiger charge is 2.26. The van der Waals surface area contributed by atoms with Gasteiger partial charge in [0.1, 0.15) is 17.8 Å². The number of amides is 1. The van der Waals surface area contributed by atoms with Gasteiger partial charge in [0.15, 0.2) is 0 Å². The van der Waals surface area contributed by atoms with Gasteiger partial charge in [-0.15, -0.1) is 11.8 Å². The molecule has 33 heavy (non-hydrogen) atoms. The Kier molecular flexibility index (Phi) is 8.00. The van der Waals surface area contributed by atoms with Crippen molar-refractivity contribution >= 4 is 35.1 Å². The van der Waals surface area contributed by atoms with Crippen molar-refractivity contribution < 1.29 is 14.4 Å². The average Bonchev–Trinajstić information content (AvgIpc) is 3.24. The Bertz CT molecular complexity index is 1070. The van der Waals surface area contributed by atoms with Gasteiger partial charge in [-0.1, -0.05) is 35.0 Å². The SMILES string of the molecule is Cc1cc(CSc2ccccc2C(O)N2CCN(CC(=O)Nc3ccc(Cl)cn3)CC2)no1. The van der Waals surface area contributed by atoms with Gasteiger partial charge in [0.2, 0.25) is 5.91 Å². The number of carbonyl (C=O) groups is 1. The van der Waals surface area contributed by atoms with Crippen molar-refractivity contribution in [2.45, 2.75) is 23.8 Å². The third-order valence-electron chi connectivity index (χ3n) is 5.36. The second kappa shape index (κ2) is 11.1. The van der Waals surface area contributed by atoms with E-state index in [9.17, 15) is 9.90 Å².